The van der Waals surface area contributed by atoms with Crippen molar-refractivity contribution in [3.8, 4) is 11.5 Å². The molecule has 1 heterocycles. The van der Waals surface area contributed by atoms with Crippen LogP contribution in [0.2, 0.25) is 0 Å². The Balaban J connectivity index is 2.04. The summed E-state index contributed by atoms with van der Waals surface area (Å²) in [5.74, 6) is 0.838. The molecule has 0 saturated carbocycles. The van der Waals surface area contributed by atoms with E-state index >= 15 is 0 Å². The fourth-order valence-corrected chi connectivity index (χ4v) is 3.18. The molecule has 0 spiro atoms. The number of benzene rings is 2. The van der Waals surface area contributed by atoms with E-state index in [1.165, 1.54) is 19.3 Å². The van der Waals surface area contributed by atoms with Gasteiger partial charge in [0.05, 0.1) is 12.0 Å². The molecule has 0 amide bonds. The fourth-order valence-electron chi connectivity index (χ4n) is 2.72. The number of H-pyrrole nitrogens is 2. The minimum Gasteiger partial charge on any atom is -0.493 e. The minimum atomic E-state index is -1.09. The van der Waals surface area contributed by atoms with Gasteiger partial charge in [-0.3, -0.25) is 19.9 Å². The lowest BCUT2D eigenvalue weighted by Gasteiger charge is -2.14. The molecule has 0 bridgehead atoms. The van der Waals surface area contributed by atoms with Crippen molar-refractivity contribution in [2.24, 2.45) is 0 Å². The number of ether oxygens (including phenoxy) is 2. The van der Waals surface area contributed by atoms with Crippen LogP contribution in [0.15, 0.2) is 56.5 Å². The smallest absolute Gasteiger partial charge is 0.357 e. The molecule has 9 nitrogen and oxygen atoms in total. The summed E-state index contributed by atoms with van der Waals surface area (Å²) in [5, 5.41) is 11.2. The Morgan fingerprint density at radius 2 is 1.87 bits per heavy atom. The van der Waals surface area contributed by atoms with Crippen LogP contribution in [-0.4, -0.2) is 22.0 Å². The van der Waals surface area contributed by atoms with Gasteiger partial charge in [0.15, 0.2) is 11.5 Å². The average Bonchev–Trinajstić information content (AvgIpc) is 2.70. The molecule has 10 heteroatoms. The molecule has 2 aromatic carbocycles. The minimum absolute atomic E-state index is 0.235. The van der Waals surface area contributed by atoms with E-state index in [0.29, 0.717) is 21.5 Å². The molecule has 3 rings (SSSR count). The maximum absolute atomic E-state index is 11.8. The maximum atomic E-state index is 11.8. The van der Waals surface area contributed by atoms with E-state index in [4.69, 9.17) is 9.47 Å². The van der Waals surface area contributed by atoms with E-state index < -0.39 is 21.9 Å². The van der Waals surface area contributed by atoms with Crippen LogP contribution in [-0.2, 0) is 6.61 Å². The van der Waals surface area contributed by atoms with Crippen LogP contribution in [0.4, 0.5) is 5.69 Å². The molecule has 2 N–H and O–H groups in total. The van der Waals surface area contributed by atoms with E-state index in [2.05, 4.69) is 20.9 Å². The SMILES string of the molecule is COc1cc(Br)cc(/C=C/c2[nH]c(=O)[nH]c(=O)c2[N+](=O)[O-])c1OCc1ccccc1. The monoisotopic (exact) mass is 473 g/mol. The highest BCUT2D eigenvalue weighted by molar-refractivity contribution is 9.10. The standard InChI is InChI=1S/C20H16BrN3O6/c1-29-16-10-14(21)9-13(18(16)30-11-12-5-3-2-4-6-12)7-8-15-17(24(27)28)19(25)23-20(26)22-15/h2-10H,11H2,1H3,(H2,22,23,25,26)/b8-7+. The largest absolute Gasteiger partial charge is 0.493 e. The van der Waals surface area contributed by atoms with Crippen molar-refractivity contribution in [2.45, 2.75) is 6.61 Å². The predicted molar refractivity (Wildman–Crippen MR) is 115 cm³/mol. The van der Waals surface area contributed by atoms with Gasteiger partial charge in [0, 0.05) is 10.0 Å². The van der Waals surface area contributed by atoms with Crippen molar-refractivity contribution in [2.75, 3.05) is 7.11 Å². The second-order valence-electron chi connectivity index (χ2n) is 6.06. The van der Waals surface area contributed by atoms with Crippen molar-refractivity contribution >= 4 is 33.8 Å². The number of rotatable bonds is 7. The van der Waals surface area contributed by atoms with Gasteiger partial charge in [-0.2, -0.15) is 0 Å². The molecule has 1 aromatic heterocycles. The normalized spacial score (nSPS) is 10.9. The van der Waals surface area contributed by atoms with E-state index in [0.717, 1.165) is 5.56 Å². The summed E-state index contributed by atoms with van der Waals surface area (Å²) in [4.78, 5) is 37.8. The van der Waals surface area contributed by atoms with Crippen LogP contribution < -0.4 is 20.7 Å². The van der Waals surface area contributed by atoms with Crippen LogP contribution in [0, 0.1) is 10.1 Å². The number of aromatic nitrogens is 2. The summed E-state index contributed by atoms with van der Waals surface area (Å²) in [5.41, 5.74) is -1.48. The summed E-state index contributed by atoms with van der Waals surface area (Å²) in [6, 6.07) is 12.9. The van der Waals surface area contributed by atoms with Crippen molar-refractivity contribution in [3.05, 3.63) is 94.7 Å². The Hall–Kier alpha value is -3.66. The number of halogens is 1. The Morgan fingerprint density at radius 3 is 2.53 bits per heavy atom. The van der Waals surface area contributed by atoms with E-state index in [9.17, 15) is 19.7 Å². The quantitative estimate of drug-likeness (QED) is 0.399. The lowest BCUT2D eigenvalue weighted by molar-refractivity contribution is -0.386. The van der Waals surface area contributed by atoms with Crippen LogP contribution in [0.1, 0.15) is 16.8 Å². The molecule has 3 aromatic rings. The molecule has 30 heavy (non-hydrogen) atoms. The third-order valence-corrected chi connectivity index (χ3v) is 4.51. The molecule has 0 fully saturated rings. The highest BCUT2D eigenvalue weighted by Gasteiger charge is 2.19. The lowest BCUT2D eigenvalue weighted by Crippen LogP contribution is -2.25. The van der Waals surface area contributed by atoms with Crippen molar-refractivity contribution in [1.82, 2.24) is 9.97 Å². The van der Waals surface area contributed by atoms with Gasteiger partial charge in [-0.1, -0.05) is 46.3 Å². The zero-order chi connectivity index (χ0) is 21.7. The molecule has 0 atom stereocenters. The van der Waals surface area contributed by atoms with Crippen LogP contribution in [0.5, 0.6) is 11.5 Å². The third-order valence-electron chi connectivity index (χ3n) is 4.05. The zero-order valence-corrected chi connectivity index (χ0v) is 17.3. The van der Waals surface area contributed by atoms with E-state index in [1.54, 1.807) is 12.1 Å². The molecular weight excluding hydrogens is 458 g/mol. The molecule has 0 radical (unpaired) electrons. The third kappa shape index (κ3) is 4.84. The summed E-state index contributed by atoms with van der Waals surface area (Å²) >= 11 is 3.38. The van der Waals surface area contributed by atoms with Gasteiger partial charge in [-0.25, -0.2) is 4.79 Å². The predicted octanol–water partition coefficient (Wildman–Crippen LogP) is 3.49. The van der Waals surface area contributed by atoms with Gasteiger partial charge in [0.2, 0.25) is 0 Å². The highest BCUT2D eigenvalue weighted by atomic mass is 79.9. The number of methoxy groups -OCH3 is 1. The van der Waals surface area contributed by atoms with Crippen LogP contribution >= 0.6 is 15.9 Å². The summed E-state index contributed by atoms with van der Waals surface area (Å²) < 4.78 is 12.0. The van der Waals surface area contributed by atoms with Crippen LogP contribution in [0.3, 0.4) is 0 Å². The Labute approximate surface area is 178 Å². The first-order valence-corrected chi connectivity index (χ1v) is 9.41. The lowest BCUT2D eigenvalue weighted by atomic mass is 10.1. The second-order valence-corrected chi connectivity index (χ2v) is 6.98. The van der Waals surface area contributed by atoms with E-state index in [1.807, 2.05) is 35.3 Å². The number of aromatic amines is 2. The Kier molecular flexibility index (Phi) is 6.48. The topological polar surface area (TPSA) is 127 Å². The zero-order valence-electron chi connectivity index (χ0n) is 15.7. The number of hydrogen-bond donors (Lipinski definition) is 2. The number of hydrogen-bond acceptors (Lipinski definition) is 6. The van der Waals surface area contributed by atoms with Gasteiger partial charge in [-0.15, -0.1) is 0 Å². The molecule has 0 aliphatic rings. The first-order chi connectivity index (χ1) is 14.4. The highest BCUT2D eigenvalue weighted by Crippen LogP contribution is 2.36. The summed E-state index contributed by atoms with van der Waals surface area (Å²) in [6.07, 6.45) is 2.76. The number of nitrogens with one attached hydrogen (secondary N) is 2. The van der Waals surface area contributed by atoms with Gasteiger partial charge in [0.25, 0.3) is 0 Å². The van der Waals surface area contributed by atoms with Crippen molar-refractivity contribution in [1.29, 1.82) is 0 Å². The van der Waals surface area contributed by atoms with Crippen molar-refractivity contribution < 1.29 is 14.4 Å². The van der Waals surface area contributed by atoms with Crippen molar-refractivity contribution in [3.63, 3.8) is 0 Å². The Morgan fingerprint density at radius 1 is 1.13 bits per heavy atom. The summed E-state index contributed by atoms with van der Waals surface area (Å²) in [6.45, 7) is 0.266. The first kappa shape index (κ1) is 21.1. The van der Waals surface area contributed by atoms with Gasteiger partial charge in [-0.05, 0) is 29.8 Å². The molecule has 0 saturated heterocycles. The second kappa shape index (κ2) is 9.23. The van der Waals surface area contributed by atoms with Gasteiger partial charge < -0.3 is 14.5 Å². The van der Waals surface area contributed by atoms with Crippen LogP contribution in [0.25, 0.3) is 12.2 Å². The maximum Gasteiger partial charge on any atom is 0.357 e. The summed E-state index contributed by atoms with van der Waals surface area (Å²) in [7, 11) is 1.49. The van der Waals surface area contributed by atoms with Gasteiger partial charge in [0.1, 0.15) is 12.3 Å². The number of nitrogens with zero attached hydrogens (tertiary/aromatic N) is 1. The van der Waals surface area contributed by atoms with Gasteiger partial charge >= 0.3 is 16.9 Å². The molecule has 154 valence electrons. The number of nitro groups is 1. The molecule has 0 unspecified atom stereocenters. The molecule has 0 aliphatic carbocycles. The Bertz CT molecular complexity index is 1220. The fraction of sp³-hybridized carbons (Fsp3) is 0.100. The molecule has 0 aliphatic heterocycles. The first-order valence-electron chi connectivity index (χ1n) is 8.62. The molecular formula is C20H16BrN3O6. The average molecular weight is 474 g/mol. The van der Waals surface area contributed by atoms with E-state index in [-0.39, 0.29) is 12.3 Å².